The SMILES string of the molecule is CC1C=Cc2ccc3oc4ccccc4c3c2C=C1. The molecule has 92 valence electrons. The third-order valence-electron chi connectivity index (χ3n) is 3.76. The molecule has 0 amide bonds. The van der Waals surface area contributed by atoms with E-state index >= 15 is 0 Å². The van der Waals surface area contributed by atoms with Gasteiger partial charge in [-0.15, -0.1) is 0 Å². The second-order valence-electron chi connectivity index (χ2n) is 5.12. The van der Waals surface area contributed by atoms with Crippen LogP contribution in [0.3, 0.4) is 0 Å². The van der Waals surface area contributed by atoms with Crippen LogP contribution in [0.1, 0.15) is 18.1 Å². The minimum atomic E-state index is 0.473. The molecule has 4 rings (SSSR count). The zero-order valence-electron chi connectivity index (χ0n) is 10.8. The minimum absolute atomic E-state index is 0.473. The van der Waals surface area contributed by atoms with Gasteiger partial charge in [-0.2, -0.15) is 0 Å². The third-order valence-corrected chi connectivity index (χ3v) is 3.76. The molecule has 1 heteroatoms. The van der Waals surface area contributed by atoms with Crippen molar-refractivity contribution in [2.45, 2.75) is 6.92 Å². The van der Waals surface area contributed by atoms with E-state index in [2.05, 4.69) is 55.5 Å². The van der Waals surface area contributed by atoms with Crippen LogP contribution in [0.4, 0.5) is 0 Å². The summed E-state index contributed by atoms with van der Waals surface area (Å²) in [4.78, 5) is 0. The Hall–Kier alpha value is -2.28. The van der Waals surface area contributed by atoms with Crippen molar-refractivity contribution >= 4 is 34.1 Å². The van der Waals surface area contributed by atoms with Crippen LogP contribution in [0.5, 0.6) is 0 Å². The Labute approximate surface area is 111 Å². The lowest BCUT2D eigenvalue weighted by atomic mass is 10.0. The molecular weight excluding hydrogens is 232 g/mol. The van der Waals surface area contributed by atoms with Crippen molar-refractivity contribution in [2.24, 2.45) is 5.92 Å². The molecule has 19 heavy (non-hydrogen) atoms. The van der Waals surface area contributed by atoms with Gasteiger partial charge in [-0.25, -0.2) is 0 Å². The Kier molecular flexibility index (Phi) is 2.16. The van der Waals surface area contributed by atoms with Crippen LogP contribution in [0.15, 0.2) is 53.0 Å². The molecule has 0 radical (unpaired) electrons. The monoisotopic (exact) mass is 246 g/mol. The Balaban J connectivity index is 2.18. The first-order valence-corrected chi connectivity index (χ1v) is 6.63. The van der Waals surface area contributed by atoms with Crippen LogP contribution < -0.4 is 0 Å². The molecule has 0 N–H and O–H groups in total. The number of rotatable bonds is 0. The summed E-state index contributed by atoms with van der Waals surface area (Å²) in [7, 11) is 0. The van der Waals surface area contributed by atoms with Crippen LogP contribution in [0, 0.1) is 5.92 Å². The second-order valence-corrected chi connectivity index (χ2v) is 5.12. The third kappa shape index (κ3) is 1.55. The predicted octanol–water partition coefficient (Wildman–Crippen LogP) is 5.26. The summed E-state index contributed by atoms with van der Waals surface area (Å²) in [6.07, 6.45) is 8.91. The first kappa shape index (κ1) is 10.6. The van der Waals surface area contributed by atoms with Gasteiger partial charge in [-0.3, -0.25) is 0 Å². The van der Waals surface area contributed by atoms with Crippen molar-refractivity contribution < 1.29 is 4.42 Å². The van der Waals surface area contributed by atoms with Crippen molar-refractivity contribution in [1.29, 1.82) is 0 Å². The first-order valence-electron chi connectivity index (χ1n) is 6.63. The van der Waals surface area contributed by atoms with Gasteiger partial charge in [0, 0.05) is 10.8 Å². The molecule has 0 saturated carbocycles. The van der Waals surface area contributed by atoms with E-state index in [1.54, 1.807) is 0 Å². The van der Waals surface area contributed by atoms with Crippen molar-refractivity contribution in [1.82, 2.24) is 0 Å². The Morgan fingerprint density at radius 3 is 2.68 bits per heavy atom. The lowest BCUT2D eigenvalue weighted by molar-refractivity contribution is 0.669. The molecule has 3 aromatic rings. The molecule has 1 nitrogen and oxygen atoms in total. The van der Waals surface area contributed by atoms with Crippen LogP contribution in [0.2, 0.25) is 0 Å². The van der Waals surface area contributed by atoms with E-state index in [0.717, 1.165) is 11.2 Å². The smallest absolute Gasteiger partial charge is 0.136 e. The van der Waals surface area contributed by atoms with Crippen LogP contribution >= 0.6 is 0 Å². The van der Waals surface area contributed by atoms with Crippen molar-refractivity contribution in [2.75, 3.05) is 0 Å². The molecule has 0 bridgehead atoms. The van der Waals surface area contributed by atoms with Gasteiger partial charge in [0.1, 0.15) is 11.2 Å². The van der Waals surface area contributed by atoms with Gasteiger partial charge < -0.3 is 4.42 Å². The molecule has 0 aliphatic heterocycles. The Morgan fingerprint density at radius 1 is 0.895 bits per heavy atom. The zero-order chi connectivity index (χ0) is 12.8. The van der Waals surface area contributed by atoms with Gasteiger partial charge in [0.2, 0.25) is 0 Å². The number of para-hydroxylation sites is 1. The Morgan fingerprint density at radius 2 is 1.74 bits per heavy atom. The topological polar surface area (TPSA) is 13.1 Å². The summed E-state index contributed by atoms with van der Waals surface area (Å²) in [5, 5.41) is 2.42. The average Bonchev–Trinajstić information content (AvgIpc) is 2.71. The molecule has 1 aromatic heterocycles. The highest BCUT2D eigenvalue weighted by atomic mass is 16.3. The van der Waals surface area contributed by atoms with Crippen LogP contribution in [-0.2, 0) is 0 Å². The molecular formula is C18H14O. The van der Waals surface area contributed by atoms with Crippen molar-refractivity contribution in [3.8, 4) is 0 Å². The fourth-order valence-electron chi connectivity index (χ4n) is 2.75. The summed E-state index contributed by atoms with van der Waals surface area (Å²) in [6.45, 7) is 2.20. The fourth-order valence-corrected chi connectivity index (χ4v) is 2.75. The Bertz CT molecular complexity index is 833. The molecule has 1 unspecified atom stereocenters. The van der Waals surface area contributed by atoms with Crippen molar-refractivity contribution in [3.05, 3.63) is 59.7 Å². The van der Waals surface area contributed by atoms with E-state index in [9.17, 15) is 0 Å². The standard InChI is InChI=1S/C18H14O/c1-12-6-8-13-9-11-17-18(14(13)10-7-12)15-4-2-3-5-16(15)19-17/h2-12H,1H3. The number of fused-ring (bicyclic) bond motifs is 5. The van der Waals surface area contributed by atoms with E-state index < -0.39 is 0 Å². The maximum atomic E-state index is 5.93. The number of hydrogen-bond acceptors (Lipinski definition) is 1. The second kappa shape index (κ2) is 3.86. The largest absolute Gasteiger partial charge is 0.456 e. The maximum Gasteiger partial charge on any atom is 0.136 e. The summed E-state index contributed by atoms with van der Waals surface area (Å²) < 4.78 is 5.93. The van der Waals surface area contributed by atoms with Gasteiger partial charge >= 0.3 is 0 Å². The fraction of sp³-hybridized carbons (Fsp3) is 0.111. The molecule has 1 heterocycles. The highest BCUT2D eigenvalue weighted by Gasteiger charge is 2.13. The normalized spacial score (nSPS) is 17.8. The van der Waals surface area contributed by atoms with Crippen molar-refractivity contribution in [3.63, 3.8) is 0 Å². The first-order chi connectivity index (χ1) is 9.33. The summed E-state index contributed by atoms with van der Waals surface area (Å²) in [5.41, 5.74) is 4.45. The summed E-state index contributed by atoms with van der Waals surface area (Å²) in [6, 6.07) is 12.5. The van der Waals surface area contributed by atoms with Gasteiger partial charge in [-0.1, -0.05) is 55.5 Å². The predicted molar refractivity (Wildman–Crippen MR) is 81.0 cm³/mol. The van der Waals surface area contributed by atoms with Crippen LogP contribution in [0.25, 0.3) is 34.1 Å². The van der Waals surface area contributed by atoms with Gasteiger partial charge in [0.05, 0.1) is 0 Å². The lowest BCUT2D eigenvalue weighted by Crippen LogP contribution is -1.81. The maximum absolute atomic E-state index is 5.93. The number of benzene rings is 2. The van der Waals surface area contributed by atoms with E-state index in [4.69, 9.17) is 4.42 Å². The van der Waals surface area contributed by atoms with E-state index in [-0.39, 0.29) is 0 Å². The molecule has 2 aromatic carbocycles. The van der Waals surface area contributed by atoms with E-state index in [1.807, 2.05) is 12.1 Å². The molecule has 1 aliphatic rings. The molecule has 1 atom stereocenters. The quantitative estimate of drug-likeness (QED) is 0.527. The summed E-state index contributed by atoms with van der Waals surface area (Å²) >= 11 is 0. The average molecular weight is 246 g/mol. The van der Waals surface area contributed by atoms with Gasteiger partial charge in [0.25, 0.3) is 0 Å². The number of allylic oxidation sites excluding steroid dienone is 2. The van der Waals surface area contributed by atoms with Gasteiger partial charge in [0.15, 0.2) is 0 Å². The molecule has 0 saturated heterocycles. The van der Waals surface area contributed by atoms with Gasteiger partial charge in [-0.05, 0) is 29.2 Å². The zero-order valence-corrected chi connectivity index (χ0v) is 10.8. The summed E-state index contributed by atoms with van der Waals surface area (Å²) in [5.74, 6) is 0.473. The van der Waals surface area contributed by atoms with E-state index in [0.29, 0.717) is 5.92 Å². The molecule has 1 aliphatic carbocycles. The van der Waals surface area contributed by atoms with Crippen LogP contribution in [-0.4, -0.2) is 0 Å². The number of hydrogen-bond donors (Lipinski definition) is 0. The highest BCUT2D eigenvalue weighted by molar-refractivity contribution is 6.10. The number of furan rings is 1. The van der Waals surface area contributed by atoms with E-state index in [1.165, 1.54) is 21.9 Å². The minimum Gasteiger partial charge on any atom is -0.456 e. The molecule has 0 spiro atoms. The highest BCUT2D eigenvalue weighted by Crippen LogP contribution is 2.35. The lowest BCUT2D eigenvalue weighted by Gasteiger charge is -2.01. The molecule has 0 fully saturated rings.